The zero-order chi connectivity index (χ0) is 24.0. The number of hydrogen-bond donors (Lipinski definition) is 2. The van der Waals surface area contributed by atoms with Gasteiger partial charge in [0.15, 0.2) is 5.13 Å². The maximum absolute atomic E-state index is 11.8. The fourth-order valence-electron chi connectivity index (χ4n) is 3.70. The van der Waals surface area contributed by atoms with Gasteiger partial charge in [0.05, 0.1) is 0 Å². The van der Waals surface area contributed by atoms with Crippen LogP contribution in [0.4, 0.5) is 5.13 Å². The maximum Gasteiger partial charge on any atom is 0.360 e. The second-order valence-electron chi connectivity index (χ2n) is 7.55. The van der Waals surface area contributed by atoms with Crippen molar-refractivity contribution in [2.45, 2.75) is 12.5 Å². The summed E-state index contributed by atoms with van der Waals surface area (Å²) >= 11 is 1.30. The van der Waals surface area contributed by atoms with Crippen molar-refractivity contribution in [3.05, 3.63) is 131 Å². The minimum Gasteiger partial charge on any atom is -0.476 e. The largest absolute Gasteiger partial charge is 0.476 e. The van der Waals surface area contributed by atoms with Crippen LogP contribution in [-0.4, -0.2) is 21.8 Å². The number of nitrogens with one attached hydrogen (secondary N) is 1. The first kappa shape index (κ1) is 22.9. The molecule has 7 heteroatoms. The van der Waals surface area contributed by atoms with Crippen molar-refractivity contribution in [1.29, 1.82) is 0 Å². The third kappa shape index (κ3) is 4.74. The minimum absolute atomic E-state index is 0.198. The number of aliphatic carboxylic acids is 1. The van der Waals surface area contributed by atoms with Gasteiger partial charge < -0.3 is 15.3 Å². The standard InChI is InChI=1S/C27H23N3O3S/c1-19(2)33-30-24(25(31)32)23-18-34-26(28-23)29-27(20-12-6-3-7-13-20,21-14-8-4-9-15-21)22-16-10-5-11-17-22/h3-18H,1H2,2H3,(H,28,29)(H,31,32). The Morgan fingerprint density at radius 1 is 0.941 bits per heavy atom. The van der Waals surface area contributed by atoms with E-state index in [-0.39, 0.29) is 17.2 Å². The molecule has 0 amide bonds. The summed E-state index contributed by atoms with van der Waals surface area (Å²) in [7, 11) is 0. The molecule has 3 aromatic carbocycles. The zero-order valence-corrected chi connectivity index (χ0v) is 19.3. The van der Waals surface area contributed by atoms with Crippen LogP contribution in [0.25, 0.3) is 0 Å². The van der Waals surface area contributed by atoms with E-state index in [1.54, 1.807) is 12.3 Å². The number of allylic oxidation sites excluding steroid dienone is 1. The Balaban J connectivity index is 1.86. The van der Waals surface area contributed by atoms with Crippen molar-refractivity contribution in [3.8, 4) is 0 Å². The van der Waals surface area contributed by atoms with Crippen LogP contribution in [0.2, 0.25) is 0 Å². The van der Waals surface area contributed by atoms with E-state index in [1.807, 2.05) is 54.6 Å². The smallest absolute Gasteiger partial charge is 0.360 e. The van der Waals surface area contributed by atoms with E-state index in [0.29, 0.717) is 5.13 Å². The minimum atomic E-state index is -1.24. The van der Waals surface area contributed by atoms with E-state index in [0.717, 1.165) is 16.7 Å². The molecule has 0 unspecified atom stereocenters. The van der Waals surface area contributed by atoms with Crippen molar-refractivity contribution in [3.63, 3.8) is 0 Å². The first-order valence-electron chi connectivity index (χ1n) is 10.5. The van der Waals surface area contributed by atoms with Crippen LogP contribution < -0.4 is 5.32 Å². The molecule has 34 heavy (non-hydrogen) atoms. The Kier molecular flexibility index (Phi) is 6.85. The first-order valence-corrected chi connectivity index (χ1v) is 11.4. The number of hydrogen-bond acceptors (Lipinski definition) is 6. The highest BCUT2D eigenvalue weighted by molar-refractivity contribution is 7.14. The molecule has 0 atom stereocenters. The van der Waals surface area contributed by atoms with Gasteiger partial charge in [0.1, 0.15) is 17.0 Å². The second-order valence-corrected chi connectivity index (χ2v) is 8.41. The molecule has 0 bridgehead atoms. The lowest BCUT2D eigenvalue weighted by molar-refractivity contribution is -0.129. The van der Waals surface area contributed by atoms with Gasteiger partial charge in [-0.1, -0.05) is 103 Å². The highest BCUT2D eigenvalue weighted by atomic mass is 32.1. The molecule has 0 aliphatic rings. The fraction of sp³-hybridized carbons (Fsp3) is 0.0741. The normalized spacial score (nSPS) is 11.6. The Bertz CT molecular complexity index is 1210. The van der Waals surface area contributed by atoms with Gasteiger partial charge in [0.25, 0.3) is 0 Å². The Morgan fingerprint density at radius 3 is 1.82 bits per heavy atom. The molecular weight excluding hydrogens is 446 g/mol. The van der Waals surface area contributed by atoms with Crippen molar-refractivity contribution < 1.29 is 14.7 Å². The van der Waals surface area contributed by atoms with Gasteiger partial charge in [-0.2, -0.15) is 0 Å². The summed E-state index contributed by atoms with van der Waals surface area (Å²) in [6.45, 7) is 5.17. The van der Waals surface area contributed by atoms with Crippen LogP contribution in [0.15, 0.2) is 114 Å². The predicted octanol–water partition coefficient (Wildman–Crippen LogP) is 5.89. The van der Waals surface area contributed by atoms with Gasteiger partial charge in [-0.15, -0.1) is 11.3 Å². The third-order valence-electron chi connectivity index (χ3n) is 5.16. The lowest BCUT2D eigenvalue weighted by Crippen LogP contribution is -2.38. The molecule has 2 N–H and O–H groups in total. The molecule has 1 aromatic heterocycles. The van der Waals surface area contributed by atoms with Crippen LogP contribution in [-0.2, 0) is 15.2 Å². The Labute approximate surface area is 201 Å². The molecule has 0 spiro atoms. The topological polar surface area (TPSA) is 83.8 Å². The van der Waals surface area contributed by atoms with Crippen LogP contribution in [0.3, 0.4) is 0 Å². The van der Waals surface area contributed by atoms with Crippen LogP contribution in [0.5, 0.6) is 0 Å². The lowest BCUT2D eigenvalue weighted by atomic mass is 9.77. The molecule has 1 heterocycles. The quantitative estimate of drug-likeness (QED) is 0.138. The van der Waals surface area contributed by atoms with E-state index in [9.17, 15) is 9.90 Å². The van der Waals surface area contributed by atoms with E-state index in [1.165, 1.54) is 11.3 Å². The average molecular weight is 470 g/mol. The van der Waals surface area contributed by atoms with E-state index < -0.39 is 11.5 Å². The monoisotopic (exact) mass is 469 g/mol. The van der Waals surface area contributed by atoms with Crippen molar-refractivity contribution in [2.75, 3.05) is 5.32 Å². The third-order valence-corrected chi connectivity index (χ3v) is 5.91. The summed E-state index contributed by atoms with van der Waals surface area (Å²) in [6.07, 6.45) is 0. The SMILES string of the molecule is C=C(C)ON=C(C(=O)O)c1csc(NC(c2ccccc2)(c2ccccc2)c2ccccc2)n1. The van der Waals surface area contributed by atoms with E-state index >= 15 is 0 Å². The van der Waals surface area contributed by atoms with E-state index in [4.69, 9.17) is 4.84 Å². The highest BCUT2D eigenvalue weighted by Gasteiger charge is 2.37. The number of rotatable bonds is 9. The summed E-state index contributed by atoms with van der Waals surface area (Å²) in [4.78, 5) is 21.3. The summed E-state index contributed by atoms with van der Waals surface area (Å²) in [5.74, 6) is -0.956. The number of aromatic nitrogens is 1. The second kappa shape index (κ2) is 10.1. The summed E-state index contributed by atoms with van der Waals surface area (Å²) in [5.41, 5.74) is 2.18. The van der Waals surface area contributed by atoms with Gasteiger partial charge in [0, 0.05) is 5.38 Å². The Hall–Kier alpha value is -4.23. The molecule has 4 rings (SSSR count). The summed E-state index contributed by atoms with van der Waals surface area (Å²) in [5, 5.41) is 19.1. The summed E-state index contributed by atoms with van der Waals surface area (Å²) < 4.78 is 0. The van der Waals surface area contributed by atoms with Gasteiger partial charge in [-0.3, -0.25) is 0 Å². The number of oxime groups is 1. The predicted molar refractivity (Wildman–Crippen MR) is 135 cm³/mol. The summed E-state index contributed by atoms with van der Waals surface area (Å²) in [6, 6.07) is 30.3. The number of carboxylic acid groups (broad SMARTS) is 1. The first-order chi connectivity index (χ1) is 16.5. The van der Waals surface area contributed by atoms with Crippen LogP contribution in [0.1, 0.15) is 29.3 Å². The van der Waals surface area contributed by atoms with Gasteiger partial charge in [-0.05, 0) is 23.6 Å². The van der Waals surface area contributed by atoms with Crippen molar-refractivity contribution >= 4 is 28.1 Å². The molecule has 0 aliphatic heterocycles. The van der Waals surface area contributed by atoms with E-state index in [2.05, 4.69) is 58.4 Å². The van der Waals surface area contributed by atoms with Crippen molar-refractivity contribution in [2.24, 2.45) is 5.16 Å². The molecule has 0 aliphatic carbocycles. The molecule has 6 nitrogen and oxygen atoms in total. The molecule has 0 fully saturated rings. The molecular formula is C27H23N3O3S. The number of nitrogens with zero attached hydrogens (tertiary/aromatic N) is 2. The average Bonchev–Trinajstić information content (AvgIpc) is 3.32. The molecule has 170 valence electrons. The lowest BCUT2D eigenvalue weighted by Gasteiger charge is -2.36. The molecule has 0 saturated carbocycles. The number of carboxylic acids is 1. The van der Waals surface area contributed by atoms with Gasteiger partial charge in [-0.25, -0.2) is 9.78 Å². The molecule has 0 radical (unpaired) electrons. The maximum atomic E-state index is 11.8. The van der Waals surface area contributed by atoms with Gasteiger partial charge in [0.2, 0.25) is 5.71 Å². The van der Waals surface area contributed by atoms with Crippen LogP contribution in [0, 0.1) is 0 Å². The highest BCUT2D eigenvalue weighted by Crippen LogP contribution is 2.40. The molecule has 4 aromatic rings. The number of anilines is 1. The number of carbonyl (C=O) groups is 1. The number of thiazole rings is 1. The number of benzene rings is 3. The zero-order valence-electron chi connectivity index (χ0n) is 18.5. The Morgan fingerprint density at radius 2 is 1.41 bits per heavy atom. The van der Waals surface area contributed by atoms with Crippen molar-refractivity contribution in [1.82, 2.24) is 4.98 Å². The van der Waals surface area contributed by atoms with Crippen LogP contribution >= 0.6 is 11.3 Å². The fourth-order valence-corrected chi connectivity index (χ4v) is 4.45. The van der Waals surface area contributed by atoms with Gasteiger partial charge >= 0.3 is 5.97 Å². The molecule has 0 saturated heterocycles.